The highest BCUT2D eigenvalue weighted by Crippen LogP contribution is 2.27. The van der Waals surface area contributed by atoms with E-state index in [2.05, 4.69) is 26.0 Å². The van der Waals surface area contributed by atoms with Crippen LogP contribution in [-0.2, 0) is 27.1 Å². The molecule has 0 unspecified atom stereocenters. The molecule has 0 atom stereocenters. The Kier molecular flexibility index (Phi) is 8.30. The van der Waals surface area contributed by atoms with Crippen molar-refractivity contribution in [2.24, 2.45) is 0 Å². The van der Waals surface area contributed by atoms with Crippen molar-refractivity contribution in [1.29, 1.82) is 0 Å². The summed E-state index contributed by atoms with van der Waals surface area (Å²) < 4.78 is 32.6. The molecular weight excluding hydrogens is 468 g/mol. The molecule has 0 heterocycles. The first-order valence-electron chi connectivity index (χ1n) is 8.57. The number of amides is 1. The first-order valence-corrected chi connectivity index (χ1v) is 11.4. The first-order chi connectivity index (χ1) is 13.1. The summed E-state index contributed by atoms with van der Waals surface area (Å²) >= 11 is 9.19. The molecule has 2 aromatic carbocycles. The summed E-state index contributed by atoms with van der Waals surface area (Å²) in [7, 11) is -3.36. The number of halogens is 2. The van der Waals surface area contributed by atoms with Gasteiger partial charge in [-0.25, -0.2) is 13.1 Å². The summed E-state index contributed by atoms with van der Waals surface area (Å²) in [5.74, 6) is 0.177. The minimum atomic E-state index is -3.36. The number of sulfonamides is 1. The lowest BCUT2D eigenvalue weighted by Gasteiger charge is -2.11. The molecule has 0 aliphatic rings. The molecule has 1 amide bonds. The van der Waals surface area contributed by atoms with Crippen LogP contribution < -0.4 is 14.8 Å². The van der Waals surface area contributed by atoms with Gasteiger partial charge in [0.2, 0.25) is 10.0 Å². The Hall–Kier alpha value is -1.61. The summed E-state index contributed by atoms with van der Waals surface area (Å²) in [6.07, 6.45) is 0. The normalized spacial score (nSPS) is 11.5. The molecule has 0 spiro atoms. The Balaban J connectivity index is 1.81. The third kappa shape index (κ3) is 7.79. The van der Waals surface area contributed by atoms with E-state index in [9.17, 15) is 13.2 Å². The van der Waals surface area contributed by atoms with Crippen LogP contribution in [0.3, 0.4) is 0 Å². The largest absolute Gasteiger partial charge is 0.483 e. The summed E-state index contributed by atoms with van der Waals surface area (Å²) in [5, 5.41) is 3.33. The minimum Gasteiger partial charge on any atom is -0.483 e. The third-order valence-electron chi connectivity index (χ3n) is 3.54. The maximum atomic E-state index is 12.0. The Morgan fingerprint density at radius 1 is 1.14 bits per heavy atom. The van der Waals surface area contributed by atoms with Crippen molar-refractivity contribution in [3.63, 3.8) is 0 Å². The number of nitrogens with one attached hydrogen (secondary N) is 2. The molecule has 0 aliphatic heterocycles. The lowest BCUT2D eigenvalue weighted by Crippen LogP contribution is -2.31. The zero-order valence-electron chi connectivity index (χ0n) is 15.5. The van der Waals surface area contributed by atoms with Gasteiger partial charge in [-0.05, 0) is 59.1 Å². The highest BCUT2D eigenvalue weighted by Gasteiger charge is 2.13. The topological polar surface area (TPSA) is 84.5 Å². The van der Waals surface area contributed by atoms with Crippen LogP contribution in [0.15, 0.2) is 46.9 Å². The quantitative estimate of drug-likeness (QED) is 0.563. The van der Waals surface area contributed by atoms with Crippen LogP contribution >= 0.6 is 27.5 Å². The van der Waals surface area contributed by atoms with Gasteiger partial charge in [0, 0.05) is 17.6 Å². The Labute approximate surface area is 178 Å². The Morgan fingerprint density at radius 3 is 2.39 bits per heavy atom. The van der Waals surface area contributed by atoms with Crippen molar-refractivity contribution < 1.29 is 17.9 Å². The van der Waals surface area contributed by atoms with E-state index in [0.29, 0.717) is 27.4 Å². The van der Waals surface area contributed by atoms with Gasteiger partial charge in [0.1, 0.15) is 5.75 Å². The average Bonchev–Trinajstić information content (AvgIpc) is 2.59. The van der Waals surface area contributed by atoms with Crippen molar-refractivity contribution in [3.05, 3.63) is 63.1 Å². The molecule has 2 aromatic rings. The molecule has 0 fully saturated rings. The van der Waals surface area contributed by atoms with E-state index in [1.807, 2.05) is 0 Å². The highest BCUT2D eigenvalue weighted by molar-refractivity contribution is 9.10. The van der Waals surface area contributed by atoms with Gasteiger partial charge in [-0.1, -0.05) is 35.9 Å². The second-order valence-corrected chi connectivity index (χ2v) is 9.53. The summed E-state index contributed by atoms with van der Waals surface area (Å²) in [6.45, 7) is 3.75. The van der Waals surface area contributed by atoms with Gasteiger partial charge < -0.3 is 10.1 Å². The molecule has 2 rings (SSSR count). The molecule has 152 valence electrons. The van der Waals surface area contributed by atoms with Crippen LogP contribution in [0.25, 0.3) is 0 Å². The molecule has 9 heteroatoms. The van der Waals surface area contributed by atoms with E-state index in [1.54, 1.807) is 56.3 Å². The van der Waals surface area contributed by atoms with Crippen molar-refractivity contribution in [1.82, 2.24) is 10.0 Å². The lowest BCUT2D eigenvalue weighted by molar-refractivity contribution is -0.123. The number of benzene rings is 2. The van der Waals surface area contributed by atoms with Crippen LogP contribution in [-0.4, -0.2) is 27.0 Å². The molecule has 0 bridgehead atoms. The predicted octanol–water partition coefficient (Wildman–Crippen LogP) is 3.63. The number of hydrogen-bond acceptors (Lipinski definition) is 4. The Morgan fingerprint density at radius 2 is 1.79 bits per heavy atom. The summed E-state index contributed by atoms with van der Waals surface area (Å²) in [4.78, 5) is 12.0. The molecule has 6 nitrogen and oxygen atoms in total. The van der Waals surface area contributed by atoms with E-state index in [1.165, 1.54) is 0 Å². The number of carbonyl (C=O) groups is 1. The van der Waals surface area contributed by atoms with Crippen molar-refractivity contribution in [3.8, 4) is 5.75 Å². The van der Waals surface area contributed by atoms with Gasteiger partial charge in [0.15, 0.2) is 6.61 Å². The number of rotatable bonds is 9. The highest BCUT2D eigenvalue weighted by atomic mass is 79.9. The van der Waals surface area contributed by atoms with E-state index >= 15 is 0 Å². The number of ether oxygens (including phenoxy) is 1. The van der Waals surface area contributed by atoms with Crippen molar-refractivity contribution in [2.45, 2.75) is 32.2 Å². The SMILES string of the molecule is CC(C)NS(=O)(=O)Cc1ccc(CNC(=O)COc2ccc(Cl)cc2Br)cc1. The average molecular weight is 490 g/mol. The van der Waals surface area contributed by atoms with Gasteiger partial charge in [-0.2, -0.15) is 0 Å². The maximum absolute atomic E-state index is 12.0. The van der Waals surface area contributed by atoms with Crippen LogP contribution in [0.5, 0.6) is 5.75 Å². The molecule has 0 radical (unpaired) electrons. The fourth-order valence-electron chi connectivity index (χ4n) is 2.36. The predicted molar refractivity (Wildman–Crippen MR) is 114 cm³/mol. The maximum Gasteiger partial charge on any atom is 0.258 e. The van der Waals surface area contributed by atoms with E-state index in [-0.39, 0.29) is 24.3 Å². The molecular formula is C19H22BrClN2O4S. The van der Waals surface area contributed by atoms with Gasteiger partial charge in [0.05, 0.1) is 10.2 Å². The summed E-state index contributed by atoms with van der Waals surface area (Å²) in [5.41, 5.74) is 1.54. The van der Waals surface area contributed by atoms with Gasteiger partial charge in [0.25, 0.3) is 5.91 Å². The fraction of sp³-hybridized carbons (Fsp3) is 0.316. The number of hydrogen-bond donors (Lipinski definition) is 2. The fourth-order valence-corrected chi connectivity index (χ4v) is 4.59. The van der Waals surface area contributed by atoms with Crippen LogP contribution in [0, 0.1) is 0 Å². The summed E-state index contributed by atoms with van der Waals surface area (Å²) in [6, 6.07) is 12.0. The van der Waals surface area contributed by atoms with Gasteiger partial charge in [-0.15, -0.1) is 0 Å². The second kappa shape index (κ2) is 10.2. The first kappa shape index (κ1) is 22.7. The van der Waals surface area contributed by atoms with Crippen LogP contribution in [0.1, 0.15) is 25.0 Å². The molecule has 0 aromatic heterocycles. The molecule has 0 aliphatic carbocycles. The molecule has 0 saturated carbocycles. The van der Waals surface area contributed by atoms with E-state index in [4.69, 9.17) is 16.3 Å². The minimum absolute atomic E-state index is 0.0817. The van der Waals surface area contributed by atoms with Crippen molar-refractivity contribution >= 4 is 43.5 Å². The molecule has 0 saturated heterocycles. The Bertz CT molecular complexity index is 918. The van der Waals surface area contributed by atoms with E-state index < -0.39 is 10.0 Å². The smallest absolute Gasteiger partial charge is 0.258 e. The van der Waals surface area contributed by atoms with Gasteiger partial charge in [-0.3, -0.25) is 4.79 Å². The van der Waals surface area contributed by atoms with Crippen molar-refractivity contribution in [2.75, 3.05) is 6.61 Å². The zero-order valence-corrected chi connectivity index (χ0v) is 18.7. The standard InChI is InChI=1S/C19H22BrClN2O4S/c1-13(2)23-28(25,26)12-15-5-3-14(4-6-15)10-22-19(24)11-27-18-8-7-16(21)9-17(18)20/h3-9,13,23H,10-12H2,1-2H3,(H,22,24). The number of carbonyl (C=O) groups excluding carboxylic acids is 1. The lowest BCUT2D eigenvalue weighted by atomic mass is 10.1. The zero-order chi connectivity index (χ0) is 20.7. The van der Waals surface area contributed by atoms with Gasteiger partial charge >= 0.3 is 0 Å². The molecule has 28 heavy (non-hydrogen) atoms. The monoisotopic (exact) mass is 488 g/mol. The third-order valence-corrected chi connectivity index (χ3v) is 5.94. The van der Waals surface area contributed by atoms with E-state index in [0.717, 1.165) is 5.56 Å². The molecule has 2 N–H and O–H groups in total. The second-order valence-electron chi connectivity index (χ2n) is 6.49. The van der Waals surface area contributed by atoms with Crippen LogP contribution in [0.4, 0.5) is 0 Å². The van der Waals surface area contributed by atoms with Crippen LogP contribution in [0.2, 0.25) is 5.02 Å².